The van der Waals surface area contributed by atoms with E-state index in [1.165, 1.54) is 12.0 Å². The molecule has 76 valence electrons. The molecule has 14 heavy (non-hydrogen) atoms. The lowest BCUT2D eigenvalue weighted by Gasteiger charge is -2.23. The Kier molecular flexibility index (Phi) is 3.18. The molecule has 0 aliphatic heterocycles. The molecule has 0 aromatic heterocycles. The second kappa shape index (κ2) is 4.59. The zero-order valence-electron chi connectivity index (χ0n) is 8.67. The Morgan fingerprint density at radius 1 is 1.43 bits per heavy atom. The Balaban J connectivity index is 1.60. The van der Waals surface area contributed by atoms with Crippen molar-refractivity contribution in [2.45, 2.75) is 44.9 Å². The second-order valence-electron chi connectivity index (χ2n) is 4.40. The lowest BCUT2D eigenvalue weighted by molar-refractivity contribution is -0.125. The van der Waals surface area contributed by atoms with Crippen molar-refractivity contribution in [1.29, 1.82) is 0 Å². The Hall–Kier alpha value is -0.850. The molecule has 0 aromatic rings. The number of ketones is 1. The molecule has 0 spiro atoms. The van der Waals surface area contributed by atoms with Crippen LogP contribution in [0.4, 0.5) is 0 Å². The first-order valence-electron chi connectivity index (χ1n) is 5.73. The third-order valence-corrected chi connectivity index (χ3v) is 3.33. The zero-order valence-corrected chi connectivity index (χ0v) is 8.67. The van der Waals surface area contributed by atoms with Crippen LogP contribution in [0.5, 0.6) is 0 Å². The second-order valence-corrected chi connectivity index (χ2v) is 4.40. The maximum absolute atomic E-state index is 11.6. The summed E-state index contributed by atoms with van der Waals surface area (Å²) < 4.78 is 0. The summed E-state index contributed by atoms with van der Waals surface area (Å²) in [6.45, 7) is 0. The summed E-state index contributed by atoms with van der Waals surface area (Å²) in [4.78, 5) is 11.6. The van der Waals surface area contributed by atoms with Crippen LogP contribution in [-0.2, 0) is 4.79 Å². The lowest BCUT2D eigenvalue weighted by Crippen LogP contribution is -2.21. The van der Waals surface area contributed by atoms with E-state index in [0.717, 1.165) is 38.5 Å². The van der Waals surface area contributed by atoms with Gasteiger partial charge in [0.25, 0.3) is 0 Å². The van der Waals surface area contributed by atoms with Crippen LogP contribution in [0, 0.1) is 5.92 Å². The minimum Gasteiger partial charge on any atom is -0.299 e. The summed E-state index contributed by atoms with van der Waals surface area (Å²) in [6, 6.07) is 0. The number of hydrogen-bond acceptors (Lipinski definition) is 1. The number of carbonyl (C=O) groups excluding carboxylic acids is 1. The van der Waals surface area contributed by atoms with Gasteiger partial charge in [0.15, 0.2) is 0 Å². The number of allylic oxidation sites excluding steroid dienone is 4. The summed E-state index contributed by atoms with van der Waals surface area (Å²) in [5.41, 5.74) is 1.49. The van der Waals surface area contributed by atoms with Gasteiger partial charge in [0.1, 0.15) is 5.78 Å². The maximum Gasteiger partial charge on any atom is 0.135 e. The van der Waals surface area contributed by atoms with Crippen molar-refractivity contribution in [3.63, 3.8) is 0 Å². The summed E-state index contributed by atoms with van der Waals surface area (Å²) in [5, 5.41) is 0. The van der Waals surface area contributed by atoms with E-state index in [9.17, 15) is 4.79 Å². The van der Waals surface area contributed by atoms with E-state index >= 15 is 0 Å². The fourth-order valence-corrected chi connectivity index (χ4v) is 2.10. The first-order chi connectivity index (χ1) is 6.86. The lowest BCUT2D eigenvalue weighted by atomic mass is 9.80. The molecule has 1 nitrogen and oxygen atoms in total. The molecule has 1 heteroatoms. The molecule has 0 amide bonds. The standard InChI is InChI=1S/C13H18O/c14-13(12-8-4-9-12)10-3-7-11-5-1-2-6-11/h1-2,5,12H,3-4,6-10H2. The average Bonchev–Trinajstić information content (AvgIpc) is 2.53. The van der Waals surface area contributed by atoms with Crippen LogP contribution >= 0.6 is 0 Å². The van der Waals surface area contributed by atoms with Crippen LogP contribution < -0.4 is 0 Å². The Labute approximate surface area is 85.9 Å². The summed E-state index contributed by atoms with van der Waals surface area (Å²) in [6.07, 6.45) is 14.2. The summed E-state index contributed by atoms with van der Waals surface area (Å²) in [7, 11) is 0. The molecule has 0 aromatic carbocycles. The van der Waals surface area contributed by atoms with E-state index in [-0.39, 0.29) is 0 Å². The fraction of sp³-hybridized carbons (Fsp3) is 0.615. The Bertz CT molecular complexity index is 269. The summed E-state index contributed by atoms with van der Waals surface area (Å²) in [5.74, 6) is 0.952. The third kappa shape index (κ3) is 2.34. The van der Waals surface area contributed by atoms with Crippen molar-refractivity contribution in [3.05, 3.63) is 23.8 Å². The van der Waals surface area contributed by atoms with Gasteiger partial charge < -0.3 is 0 Å². The van der Waals surface area contributed by atoms with Gasteiger partial charge in [0.2, 0.25) is 0 Å². The predicted molar refractivity (Wildman–Crippen MR) is 58.0 cm³/mol. The molecular formula is C13H18O. The van der Waals surface area contributed by atoms with E-state index < -0.39 is 0 Å². The monoisotopic (exact) mass is 190 g/mol. The molecular weight excluding hydrogens is 172 g/mol. The fourth-order valence-electron chi connectivity index (χ4n) is 2.10. The highest BCUT2D eigenvalue weighted by molar-refractivity contribution is 5.81. The molecule has 0 unspecified atom stereocenters. The van der Waals surface area contributed by atoms with Gasteiger partial charge in [-0.05, 0) is 32.1 Å². The number of carbonyl (C=O) groups is 1. The quantitative estimate of drug-likeness (QED) is 0.649. The molecule has 1 fully saturated rings. The Morgan fingerprint density at radius 3 is 2.86 bits per heavy atom. The first-order valence-corrected chi connectivity index (χ1v) is 5.73. The third-order valence-electron chi connectivity index (χ3n) is 3.33. The topological polar surface area (TPSA) is 17.1 Å². The van der Waals surface area contributed by atoms with E-state index in [4.69, 9.17) is 0 Å². The SMILES string of the molecule is O=C(CCCC1=CC=CC1)C1CCC1. The molecule has 1 saturated carbocycles. The molecule has 2 rings (SSSR count). The van der Waals surface area contributed by atoms with Gasteiger partial charge in [-0.3, -0.25) is 4.79 Å². The number of rotatable bonds is 5. The van der Waals surface area contributed by atoms with Crippen molar-refractivity contribution in [2.24, 2.45) is 5.92 Å². The van der Waals surface area contributed by atoms with Crippen LogP contribution in [0.1, 0.15) is 44.9 Å². The van der Waals surface area contributed by atoms with Crippen molar-refractivity contribution >= 4 is 5.78 Å². The number of Topliss-reactive ketones (excluding diaryl/α,β-unsaturated/α-hetero) is 1. The molecule has 0 N–H and O–H groups in total. The van der Waals surface area contributed by atoms with Crippen LogP contribution in [0.3, 0.4) is 0 Å². The van der Waals surface area contributed by atoms with Crippen LogP contribution in [0.2, 0.25) is 0 Å². The van der Waals surface area contributed by atoms with Gasteiger partial charge in [-0.1, -0.05) is 30.2 Å². The Morgan fingerprint density at radius 2 is 2.29 bits per heavy atom. The van der Waals surface area contributed by atoms with Crippen molar-refractivity contribution in [2.75, 3.05) is 0 Å². The molecule has 2 aliphatic rings. The molecule has 0 heterocycles. The minimum absolute atomic E-state index is 0.436. The molecule has 0 saturated heterocycles. The zero-order chi connectivity index (χ0) is 9.80. The first kappa shape index (κ1) is 9.70. The smallest absolute Gasteiger partial charge is 0.135 e. The molecule has 2 aliphatic carbocycles. The van der Waals surface area contributed by atoms with Gasteiger partial charge >= 0.3 is 0 Å². The van der Waals surface area contributed by atoms with Gasteiger partial charge in [-0.25, -0.2) is 0 Å². The van der Waals surface area contributed by atoms with Gasteiger partial charge in [0.05, 0.1) is 0 Å². The average molecular weight is 190 g/mol. The van der Waals surface area contributed by atoms with E-state index in [1.54, 1.807) is 0 Å². The van der Waals surface area contributed by atoms with E-state index in [1.807, 2.05) is 0 Å². The molecule has 0 bridgehead atoms. The largest absolute Gasteiger partial charge is 0.299 e. The maximum atomic E-state index is 11.6. The van der Waals surface area contributed by atoms with Crippen molar-refractivity contribution in [1.82, 2.24) is 0 Å². The van der Waals surface area contributed by atoms with E-state index in [2.05, 4.69) is 18.2 Å². The highest BCUT2D eigenvalue weighted by Crippen LogP contribution is 2.29. The van der Waals surface area contributed by atoms with Gasteiger partial charge in [0, 0.05) is 12.3 Å². The van der Waals surface area contributed by atoms with Gasteiger partial charge in [-0.15, -0.1) is 0 Å². The number of hydrogen-bond donors (Lipinski definition) is 0. The van der Waals surface area contributed by atoms with Gasteiger partial charge in [-0.2, -0.15) is 0 Å². The van der Waals surface area contributed by atoms with Crippen LogP contribution in [0.15, 0.2) is 23.8 Å². The predicted octanol–water partition coefficient (Wildman–Crippen LogP) is 3.41. The molecule has 0 atom stereocenters. The van der Waals surface area contributed by atoms with Crippen LogP contribution in [0.25, 0.3) is 0 Å². The summed E-state index contributed by atoms with van der Waals surface area (Å²) >= 11 is 0. The van der Waals surface area contributed by atoms with Crippen LogP contribution in [-0.4, -0.2) is 5.78 Å². The molecule has 0 radical (unpaired) electrons. The van der Waals surface area contributed by atoms with E-state index in [0.29, 0.717) is 11.7 Å². The highest BCUT2D eigenvalue weighted by atomic mass is 16.1. The van der Waals surface area contributed by atoms with Crippen molar-refractivity contribution in [3.8, 4) is 0 Å². The highest BCUT2D eigenvalue weighted by Gasteiger charge is 2.24. The minimum atomic E-state index is 0.436. The van der Waals surface area contributed by atoms with Crippen molar-refractivity contribution < 1.29 is 4.79 Å². The normalized spacial score (nSPS) is 20.7.